The van der Waals surface area contributed by atoms with Crippen LogP contribution in [-0.2, 0) is 41.7 Å². The zero-order valence-electron chi connectivity index (χ0n) is 26.3. The van der Waals surface area contributed by atoms with Crippen LogP contribution in [0.15, 0.2) is 64.2 Å². The molecule has 11 nitrogen and oxygen atoms in total. The number of carboxylic acid groups (broad SMARTS) is 1. The van der Waals surface area contributed by atoms with E-state index in [0.717, 1.165) is 70.9 Å². The van der Waals surface area contributed by atoms with Crippen molar-refractivity contribution >= 4 is 39.1 Å². The molecule has 2 aromatic rings. The topological polar surface area (TPSA) is 162 Å². The molecule has 5 aliphatic rings. The third kappa shape index (κ3) is 4.64. The minimum absolute atomic E-state index is 0.0533. The summed E-state index contributed by atoms with van der Waals surface area (Å²) in [4.78, 5) is 25.9. The van der Waals surface area contributed by atoms with Crippen molar-refractivity contribution in [1.29, 1.82) is 0 Å². The molecule has 3 atom stereocenters. The number of nitrogens with one attached hydrogen (secondary N) is 1. The molecule has 0 bridgehead atoms. The largest absolute Gasteiger partial charge is 0.480 e. The number of amides is 1. The van der Waals surface area contributed by atoms with Crippen molar-refractivity contribution in [2.24, 2.45) is 5.73 Å². The zero-order valence-corrected chi connectivity index (χ0v) is 27.1. The van der Waals surface area contributed by atoms with Crippen molar-refractivity contribution in [3.05, 3.63) is 76.0 Å². The number of benzene rings is 2. The Kier molecular flexibility index (Phi) is 6.92. The van der Waals surface area contributed by atoms with Gasteiger partial charge < -0.3 is 25.8 Å². The quantitative estimate of drug-likeness (QED) is 0.273. The molecule has 2 aromatic carbocycles. The third-order valence-corrected chi connectivity index (χ3v) is 11.1. The van der Waals surface area contributed by atoms with Crippen LogP contribution in [0.25, 0.3) is 0 Å². The van der Waals surface area contributed by atoms with Crippen LogP contribution in [0.2, 0.25) is 0 Å². The molecule has 5 N–H and O–H groups in total. The molecule has 46 heavy (non-hydrogen) atoms. The Balaban J connectivity index is 1.26. The van der Waals surface area contributed by atoms with E-state index in [9.17, 15) is 22.6 Å². The van der Waals surface area contributed by atoms with Gasteiger partial charge in [-0.05, 0) is 55.7 Å². The van der Waals surface area contributed by atoms with Crippen LogP contribution in [0.3, 0.4) is 0 Å². The number of nitrogens with zero attached hydrogens (tertiary/aromatic N) is 2. The van der Waals surface area contributed by atoms with Crippen LogP contribution in [-0.4, -0.2) is 78.1 Å². The Hall–Kier alpha value is -3.84. The van der Waals surface area contributed by atoms with Crippen LogP contribution < -0.4 is 16.0 Å². The SMILES string of the molecule is CC1(C)C2=C3C=C4C5=[N+](CCC4OC3CCN2c2ccc(CC(=O)NC[C@@H](N)C(=O)O)cc21)c1ccc(S(=O)(=O)O)cc1C5(C)C. The van der Waals surface area contributed by atoms with Gasteiger partial charge in [-0.3, -0.25) is 14.1 Å². The van der Waals surface area contributed by atoms with Gasteiger partial charge in [-0.2, -0.15) is 13.0 Å². The number of allylic oxidation sites excluding steroid dienone is 1. The third-order valence-electron chi connectivity index (χ3n) is 10.3. The number of aliphatic carboxylic acids is 1. The summed E-state index contributed by atoms with van der Waals surface area (Å²) in [5.74, 6) is -1.45. The smallest absolute Gasteiger partial charge is 0.322 e. The summed E-state index contributed by atoms with van der Waals surface area (Å²) in [5, 5.41) is 11.6. The van der Waals surface area contributed by atoms with E-state index >= 15 is 0 Å². The maximum absolute atomic E-state index is 12.6. The molecule has 0 saturated heterocycles. The minimum Gasteiger partial charge on any atom is -0.480 e. The van der Waals surface area contributed by atoms with Gasteiger partial charge >= 0.3 is 5.97 Å². The number of hydrogen-bond donors (Lipinski definition) is 4. The normalized spacial score (nSPS) is 24.2. The fraction of sp³-hybridized carbons (Fsp3) is 0.441. The van der Waals surface area contributed by atoms with Gasteiger partial charge in [0.05, 0.1) is 28.9 Å². The molecule has 242 valence electrons. The number of hydrogen-bond acceptors (Lipinski definition) is 7. The molecule has 0 radical (unpaired) electrons. The molecule has 2 unspecified atom stereocenters. The summed E-state index contributed by atoms with van der Waals surface area (Å²) >= 11 is 0. The average molecular weight is 648 g/mol. The summed E-state index contributed by atoms with van der Waals surface area (Å²) < 4.78 is 42.9. The highest BCUT2D eigenvalue weighted by atomic mass is 32.2. The van der Waals surface area contributed by atoms with Crippen molar-refractivity contribution < 1.29 is 37.0 Å². The molecule has 0 fully saturated rings. The molecule has 0 spiro atoms. The molecular formula is C34H39N4O7S+. The molecule has 0 saturated carbocycles. The van der Waals surface area contributed by atoms with E-state index in [0.29, 0.717) is 0 Å². The second-order valence-corrected chi connectivity index (χ2v) is 15.3. The molecule has 0 aliphatic carbocycles. The van der Waals surface area contributed by atoms with Crippen LogP contribution >= 0.6 is 0 Å². The van der Waals surface area contributed by atoms with Gasteiger partial charge in [0.25, 0.3) is 10.1 Å². The van der Waals surface area contributed by atoms with Gasteiger partial charge in [0, 0.05) is 59.1 Å². The van der Waals surface area contributed by atoms with E-state index in [2.05, 4.69) is 60.7 Å². The summed E-state index contributed by atoms with van der Waals surface area (Å²) in [6, 6.07) is 9.79. The second-order valence-electron chi connectivity index (χ2n) is 13.9. The first kappa shape index (κ1) is 30.8. The van der Waals surface area contributed by atoms with E-state index in [4.69, 9.17) is 15.6 Å². The lowest BCUT2D eigenvalue weighted by Gasteiger charge is -2.42. The first-order valence-corrected chi connectivity index (χ1v) is 17.1. The minimum atomic E-state index is -4.34. The fourth-order valence-electron chi connectivity index (χ4n) is 8.15. The van der Waals surface area contributed by atoms with Crippen molar-refractivity contribution in [2.75, 3.05) is 24.5 Å². The molecule has 5 aliphatic heterocycles. The summed E-state index contributed by atoms with van der Waals surface area (Å²) in [5.41, 5.74) is 14.0. The van der Waals surface area contributed by atoms with E-state index in [1.165, 1.54) is 11.8 Å². The monoisotopic (exact) mass is 647 g/mol. The molecule has 12 heteroatoms. The van der Waals surface area contributed by atoms with Crippen LogP contribution in [0, 0.1) is 0 Å². The lowest BCUT2D eigenvalue weighted by Crippen LogP contribution is -2.47. The number of fused-ring (bicyclic) bond motifs is 8. The van der Waals surface area contributed by atoms with Gasteiger partial charge in [-0.25, -0.2) is 0 Å². The summed E-state index contributed by atoms with van der Waals surface area (Å²) in [6.07, 6.45) is 3.94. The fourth-order valence-corrected chi connectivity index (χ4v) is 8.65. The first-order chi connectivity index (χ1) is 21.6. The number of anilines is 1. The maximum atomic E-state index is 12.6. The van der Waals surface area contributed by atoms with Gasteiger partial charge in [0.15, 0.2) is 12.3 Å². The summed E-state index contributed by atoms with van der Waals surface area (Å²) in [6.45, 7) is 10.0. The molecule has 0 aromatic heterocycles. The second kappa shape index (κ2) is 10.3. The highest BCUT2D eigenvalue weighted by Crippen LogP contribution is 2.54. The number of nitrogens with two attached hydrogens (primary N) is 1. The van der Waals surface area contributed by atoms with E-state index in [1.807, 2.05) is 6.07 Å². The van der Waals surface area contributed by atoms with Gasteiger partial charge in [0.1, 0.15) is 6.04 Å². The van der Waals surface area contributed by atoms with Crippen molar-refractivity contribution in [3.8, 4) is 0 Å². The average Bonchev–Trinajstić information content (AvgIpc) is 3.37. The predicted octanol–water partition coefficient (Wildman–Crippen LogP) is 2.93. The predicted molar refractivity (Wildman–Crippen MR) is 171 cm³/mol. The standard InChI is InChI=1S/C34H38N4O7S/c1-33(2)22-13-18(14-29(39)36-17-24(35)32(40)41)5-7-25(22)37-11-9-27-20(30(33)37)16-21-28(45-27)10-12-38-26-8-6-19(46(42,43)44)15-23(26)34(3,4)31(21)38/h5-8,13,15-16,24,27-28H,9-12,14,17,35H2,1-4H3,(H2-,36,39,40,41,42,43,44)/p+1/t24-,27?,28?/m1/s1. The van der Waals surface area contributed by atoms with Crippen LogP contribution in [0.4, 0.5) is 11.4 Å². The number of carboxylic acids is 1. The Bertz CT molecular complexity index is 1920. The Labute approximate surface area is 268 Å². The Morgan fingerprint density at radius 3 is 2.57 bits per heavy atom. The van der Waals surface area contributed by atoms with E-state index < -0.39 is 27.5 Å². The highest BCUT2D eigenvalue weighted by Gasteiger charge is 2.54. The van der Waals surface area contributed by atoms with E-state index in [-0.39, 0.29) is 41.4 Å². The molecule has 1 amide bonds. The maximum Gasteiger partial charge on any atom is 0.322 e. The number of carbonyl (C=O) groups is 2. The van der Waals surface area contributed by atoms with Crippen molar-refractivity contribution in [2.45, 2.75) is 80.9 Å². The van der Waals surface area contributed by atoms with Crippen LogP contribution in [0.1, 0.15) is 57.2 Å². The number of carbonyl (C=O) groups excluding carboxylic acids is 1. The highest BCUT2D eigenvalue weighted by molar-refractivity contribution is 7.85. The van der Waals surface area contributed by atoms with Crippen molar-refractivity contribution in [3.63, 3.8) is 0 Å². The van der Waals surface area contributed by atoms with Crippen molar-refractivity contribution in [1.82, 2.24) is 5.32 Å². The first-order valence-electron chi connectivity index (χ1n) is 15.6. The Morgan fingerprint density at radius 1 is 1.09 bits per heavy atom. The van der Waals surface area contributed by atoms with Gasteiger partial charge in [-0.1, -0.05) is 26.0 Å². The number of rotatable bonds is 6. The molecular weight excluding hydrogens is 608 g/mol. The number of ether oxygens (including phenoxy) is 1. The lowest BCUT2D eigenvalue weighted by atomic mass is 9.74. The molecule has 5 heterocycles. The molecule has 7 rings (SSSR count). The summed E-state index contributed by atoms with van der Waals surface area (Å²) in [7, 11) is -4.34. The van der Waals surface area contributed by atoms with Crippen LogP contribution in [0.5, 0.6) is 0 Å². The van der Waals surface area contributed by atoms with Gasteiger partial charge in [0.2, 0.25) is 11.6 Å². The zero-order chi connectivity index (χ0) is 32.9. The lowest BCUT2D eigenvalue weighted by molar-refractivity contribution is -0.445. The van der Waals surface area contributed by atoms with Gasteiger partial charge in [-0.15, -0.1) is 0 Å². The van der Waals surface area contributed by atoms with E-state index in [1.54, 1.807) is 12.1 Å². The Morgan fingerprint density at radius 2 is 1.85 bits per heavy atom.